The van der Waals surface area contributed by atoms with Gasteiger partial charge >= 0.3 is 11.9 Å². The molecule has 9 heteroatoms. The molecule has 1 aromatic carbocycles. The van der Waals surface area contributed by atoms with Gasteiger partial charge in [0.1, 0.15) is 28.8 Å². The van der Waals surface area contributed by atoms with Crippen molar-refractivity contribution >= 4 is 34.8 Å². The third-order valence-corrected chi connectivity index (χ3v) is 5.14. The van der Waals surface area contributed by atoms with Gasteiger partial charge in [-0.05, 0) is 56.3 Å². The summed E-state index contributed by atoms with van der Waals surface area (Å²) >= 11 is 5.96. The molecular weight excluding hydrogens is 448 g/mol. The summed E-state index contributed by atoms with van der Waals surface area (Å²) in [7, 11) is 0. The molecule has 0 amide bonds. The average Bonchev–Trinajstić information content (AvgIpc) is 3.45. The van der Waals surface area contributed by atoms with Crippen molar-refractivity contribution in [2.24, 2.45) is 0 Å². The third kappa shape index (κ3) is 4.12. The van der Waals surface area contributed by atoms with Gasteiger partial charge < -0.3 is 13.9 Å². The molecule has 0 saturated heterocycles. The average molecular weight is 467 g/mol. The molecular formula is C24H19ClN2O6. The largest absolute Gasteiger partial charge is 0.463 e. The Balaban J connectivity index is 2.04. The number of fused-ring (bicyclic) bond motifs is 1. The molecule has 0 N–H and O–H groups in total. The first-order valence-corrected chi connectivity index (χ1v) is 10.6. The summed E-state index contributed by atoms with van der Waals surface area (Å²) in [5.41, 5.74) is 0.616. The first-order chi connectivity index (χ1) is 16.0. The standard InChI is InChI=1S/C24H19ClN2O6/c1-3-31-23(29)19-17-12-16(18-6-5-11-33-18)26-13-27(17)21(20(19)24(30)32-4-2)22(28)14-7-9-15(25)10-8-14/h5-13H,3-4H2,1-2H3. The van der Waals surface area contributed by atoms with Crippen molar-refractivity contribution in [2.75, 3.05) is 13.2 Å². The first kappa shape index (κ1) is 22.3. The Bertz CT molecular complexity index is 1340. The Kier molecular flexibility index (Phi) is 6.28. The van der Waals surface area contributed by atoms with Crippen LogP contribution in [0, 0.1) is 0 Å². The van der Waals surface area contributed by atoms with Crippen LogP contribution in [0.4, 0.5) is 0 Å². The molecule has 4 aromatic rings. The van der Waals surface area contributed by atoms with Crippen LogP contribution in [-0.2, 0) is 9.47 Å². The summed E-state index contributed by atoms with van der Waals surface area (Å²) in [6.07, 6.45) is 2.85. The van der Waals surface area contributed by atoms with Gasteiger partial charge in [0, 0.05) is 10.6 Å². The van der Waals surface area contributed by atoms with Gasteiger partial charge in [0.2, 0.25) is 5.78 Å². The molecule has 0 atom stereocenters. The maximum Gasteiger partial charge on any atom is 0.341 e. The van der Waals surface area contributed by atoms with Gasteiger partial charge in [0.25, 0.3) is 0 Å². The highest BCUT2D eigenvalue weighted by atomic mass is 35.5. The smallest absolute Gasteiger partial charge is 0.341 e. The lowest BCUT2D eigenvalue weighted by molar-refractivity contribution is 0.0480. The van der Waals surface area contributed by atoms with E-state index in [1.807, 2.05) is 0 Å². The molecule has 8 nitrogen and oxygen atoms in total. The number of nitrogens with zero attached hydrogens (tertiary/aromatic N) is 2. The van der Waals surface area contributed by atoms with Crippen molar-refractivity contribution in [2.45, 2.75) is 13.8 Å². The fraction of sp³-hybridized carbons (Fsp3) is 0.167. The fourth-order valence-corrected chi connectivity index (χ4v) is 3.61. The van der Waals surface area contributed by atoms with Gasteiger partial charge in [-0.15, -0.1) is 0 Å². The van der Waals surface area contributed by atoms with Crippen LogP contribution in [0.15, 0.2) is 59.5 Å². The number of hydrogen-bond donors (Lipinski definition) is 0. The lowest BCUT2D eigenvalue weighted by Crippen LogP contribution is -2.16. The van der Waals surface area contributed by atoms with Gasteiger partial charge in [-0.3, -0.25) is 9.20 Å². The van der Waals surface area contributed by atoms with E-state index in [0.717, 1.165) is 0 Å². The number of benzene rings is 1. The van der Waals surface area contributed by atoms with Crippen LogP contribution in [0.3, 0.4) is 0 Å². The molecule has 0 aliphatic heterocycles. The molecule has 0 spiro atoms. The van der Waals surface area contributed by atoms with Crippen LogP contribution in [0.25, 0.3) is 17.0 Å². The molecule has 0 bridgehead atoms. The van der Waals surface area contributed by atoms with E-state index in [9.17, 15) is 14.4 Å². The quantitative estimate of drug-likeness (QED) is 0.284. The van der Waals surface area contributed by atoms with E-state index in [4.69, 9.17) is 25.5 Å². The number of rotatable bonds is 7. The van der Waals surface area contributed by atoms with Gasteiger partial charge in [-0.25, -0.2) is 14.6 Å². The summed E-state index contributed by atoms with van der Waals surface area (Å²) in [5.74, 6) is -1.63. The molecule has 3 heterocycles. The van der Waals surface area contributed by atoms with E-state index in [-0.39, 0.29) is 41.1 Å². The summed E-state index contributed by atoms with van der Waals surface area (Å²) in [4.78, 5) is 43.9. The number of ether oxygens (including phenoxy) is 2. The molecule has 33 heavy (non-hydrogen) atoms. The van der Waals surface area contributed by atoms with E-state index in [0.29, 0.717) is 16.5 Å². The number of esters is 2. The Hall–Kier alpha value is -3.91. The van der Waals surface area contributed by atoms with Crippen LogP contribution in [0.5, 0.6) is 0 Å². The molecule has 0 aliphatic rings. The first-order valence-electron chi connectivity index (χ1n) is 10.2. The minimum absolute atomic E-state index is 0.0533. The van der Waals surface area contributed by atoms with Crippen molar-refractivity contribution in [3.63, 3.8) is 0 Å². The van der Waals surface area contributed by atoms with Crippen LogP contribution < -0.4 is 0 Å². The van der Waals surface area contributed by atoms with Crippen LogP contribution in [0.1, 0.15) is 50.6 Å². The summed E-state index contributed by atoms with van der Waals surface area (Å²) in [5, 5.41) is 0.453. The topological polar surface area (TPSA) is 100 Å². The maximum absolute atomic E-state index is 13.5. The minimum atomic E-state index is -0.818. The Morgan fingerprint density at radius 2 is 1.67 bits per heavy atom. The lowest BCUT2D eigenvalue weighted by Gasteiger charge is -2.07. The zero-order chi connectivity index (χ0) is 23.5. The van der Waals surface area contributed by atoms with Crippen LogP contribution in [0.2, 0.25) is 5.02 Å². The second-order valence-electron chi connectivity index (χ2n) is 6.88. The molecule has 168 valence electrons. The number of ketones is 1. The van der Waals surface area contributed by atoms with Gasteiger partial charge in [0.05, 0.1) is 25.0 Å². The fourth-order valence-electron chi connectivity index (χ4n) is 3.49. The zero-order valence-electron chi connectivity index (χ0n) is 17.8. The molecule has 4 rings (SSSR count). The number of halogens is 1. The van der Waals surface area contributed by atoms with E-state index in [1.165, 1.54) is 29.1 Å². The third-order valence-electron chi connectivity index (χ3n) is 4.88. The Morgan fingerprint density at radius 3 is 2.27 bits per heavy atom. The second kappa shape index (κ2) is 9.30. The van der Waals surface area contributed by atoms with E-state index in [2.05, 4.69) is 4.98 Å². The molecule has 0 unspecified atom stereocenters. The predicted octanol–water partition coefficient (Wildman–Crippen LogP) is 4.83. The van der Waals surface area contributed by atoms with Crippen molar-refractivity contribution in [3.05, 3.63) is 82.5 Å². The normalized spacial score (nSPS) is 10.9. The van der Waals surface area contributed by atoms with Crippen LogP contribution in [-0.4, -0.2) is 40.3 Å². The van der Waals surface area contributed by atoms with Crippen molar-refractivity contribution in [1.29, 1.82) is 0 Å². The summed E-state index contributed by atoms with van der Waals surface area (Å²) < 4.78 is 17.2. The van der Waals surface area contributed by atoms with Crippen molar-refractivity contribution in [3.8, 4) is 11.5 Å². The zero-order valence-corrected chi connectivity index (χ0v) is 18.6. The monoisotopic (exact) mass is 466 g/mol. The molecule has 0 fully saturated rings. The van der Waals surface area contributed by atoms with E-state index < -0.39 is 17.7 Å². The number of aromatic nitrogens is 2. The molecule has 0 aliphatic carbocycles. The summed E-state index contributed by atoms with van der Waals surface area (Å²) in [6, 6.07) is 11.2. The predicted molar refractivity (Wildman–Crippen MR) is 120 cm³/mol. The SMILES string of the molecule is CCOC(=O)c1c(C(=O)OCC)c2cc(-c3ccco3)ncn2c1C(=O)c1ccc(Cl)cc1. The Morgan fingerprint density at radius 1 is 1.00 bits per heavy atom. The van der Waals surface area contributed by atoms with E-state index >= 15 is 0 Å². The second-order valence-corrected chi connectivity index (χ2v) is 7.32. The molecule has 0 saturated carbocycles. The highest BCUT2D eigenvalue weighted by Crippen LogP contribution is 2.30. The molecule has 3 aromatic heterocycles. The number of carbonyl (C=O) groups is 3. The maximum atomic E-state index is 13.5. The number of hydrogen-bond acceptors (Lipinski definition) is 7. The van der Waals surface area contributed by atoms with Gasteiger partial charge in [0.15, 0.2) is 5.76 Å². The highest BCUT2D eigenvalue weighted by molar-refractivity contribution is 6.30. The highest BCUT2D eigenvalue weighted by Gasteiger charge is 2.34. The minimum Gasteiger partial charge on any atom is -0.463 e. The molecule has 0 radical (unpaired) electrons. The Labute approximate surface area is 193 Å². The number of carbonyl (C=O) groups excluding carboxylic acids is 3. The van der Waals surface area contributed by atoms with Crippen molar-refractivity contribution in [1.82, 2.24) is 9.38 Å². The van der Waals surface area contributed by atoms with Gasteiger partial charge in [-0.2, -0.15) is 0 Å². The van der Waals surface area contributed by atoms with Crippen LogP contribution >= 0.6 is 11.6 Å². The lowest BCUT2D eigenvalue weighted by atomic mass is 10.0. The number of furan rings is 1. The van der Waals surface area contributed by atoms with Gasteiger partial charge in [-0.1, -0.05) is 11.6 Å². The van der Waals surface area contributed by atoms with Crippen molar-refractivity contribution < 1.29 is 28.3 Å². The summed E-state index contributed by atoms with van der Waals surface area (Å²) in [6.45, 7) is 3.41. The van der Waals surface area contributed by atoms with E-state index in [1.54, 1.807) is 44.2 Å².